The van der Waals surface area contributed by atoms with Crippen molar-refractivity contribution in [1.29, 1.82) is 0 Å². The van der Waals surface area contributed by atoms with E-state index >= 15 is 0 Å². The van der Waals surface area contributed by atoms with Crippen molar-refractivity contribution in [3.63, 3.8) is 0 Å². The minimum atomic E-state index is -1.51. The molecule has 4 saturated heterocycles. The molecule has 6 N–H and O–H groups in total. The van der Waals surface area contributed by atoms with Crippen molar-refractivity contribution in [2.24, 2.45) is 17.8 Å². The van der Waals surface area contributed by atoms with Gasteiger partial charge in [0.2, 0.25) is 0 Å². The molecule has 0 aromatic carbocycles. The molecule has 4 aliphatic rings. The zero-order valence-electron chi connectivity index (χ0n) is 29.1. The smallest absolute Gasteiger partial charge is 0.187 e. The fraction of sp³-hybridized carbons (Fsp3) is 0.941. The molecule has 4 heterocycles. The molecule has 20 unspecified atom stereocenters. The Balaban J connectivity index is 1.41. The van der Waals surface area contributed by atoms with Gasteiger partial charge in [0.25, 0.3) is 0 Å². The Morgan fingerprint density at radius 3 is 1.60 bits per heavy atom. The Morgan fingerprint density at radius 2 is 1.02 bits per heavy atom. The summed E-state index contributed by atoms with van der Waals surface area (Å²) in [5.41, 5.74) is 0. The van der Waals surface area contributed by atoms with Gasteiger partial charge in [0.15, 0.2) is 18.9 Å². The third-order valence-electron chi connectivity index (χ3n) is 10.7. The number of hydrogen-bond acceptors (Lipinski definition) is 13. The normalized spacial score (nSPS) is 51.4. The molecule has 4 rings (SSSR count). The summed E-state index contributed by atoms with van der Waals surface area (Å²) >= 11 is 0. The number of rotatable bonds is 11. The van der Waals surface area contributed by atoms with Crippen molar-refractivity contribution in [3.8, 4) is 0 Å². The van der Waals surface area contributed by atoms with Gasteiger partial charge in [-0.1, -0.05) is 46.8 Å². The second-order valence-corrected chi connectivity index (χ2v) is 13.8. The summed E-state index contributed by atoms with van der Waals surface area (Å²) < 4.78 is 42.9. The van der Waals surface area contributed by atoms with Crippen molar-refractivity contribution in [3.05, 3.63) is 12.2 Å². The van der Waals surface area contributed by atoms with Crippen LogP contribution in [-0.2, 0) is 33.2 Å². The van der Waals surface area contributed by atoms with Crippen LogP contribution in [0.5, 0.6) is 0 Å². The molecule has 0 radical (unpaired) electrons. The van der Waals surface area contributed by atoms with E-state index in [1.54, 1.807) is 27.7 Å². The van der Waals surface area contributed by atoms with Crippen molar-refractivity contribution in [2.75, 3.05) is 0 Å². The summed E-state index contributed by atoms with van der Waals surface area (Å²) in [5, 5.41) is 66.3. The van der Waals surface area contributed by atoms with Gasteiger partial charge in [-0.2, -0.15) is 0 Å². The first kappa shape index (κ1) is 39.0. The third kappa shape index (κ3) is 8.24. The second-order valence-electron chi connectivity index (χ2n) is 13.8. The van der Waals surface area contributed by atoms with Gasteiger partial charge in [0.1, 0.15) is 36.6 Å². The van der Waals surface area contributed by atoms with E-state index in [1.807, 2.05) is 39.8 Å². The minimum absolute atomic E-state index is 0.144. The average molecular weight is 677 g/mol. The molecule has 4 fully saturated rings. The molecule has 20 atom stereocenters. The zero-order valence-corrected chi connectivity index (χ0v) is 29.1. The SMILES string of the molecule is CC=CCC1C(CC)OC(CC)C(OC2OC(C)C(OC3OC(CC)C(OC4OC(C)C(C)C(O)C4O)C(O)C3C)C(O)C2O)C1O. The van der Waals surface area contributed by atoms with E-state index in [9.17, 15) is 30.6 Å². The largest absolute Gasteiger partial charge is 0.390 e. The number of allylic oxidation sites excluding steroid dienone is 2. The maximum atomic E-state index is 11.4. The van der Waals surface area contributed by atoms with Gasteiger partial charge in [-0.05, 0) is 46.5 Å². The Morgan fingerprint density at radius 1 is 0.511 bits per heavy atom. The van der Waals surface area contributed by atoms with Gasteiger partial charge in [0.05, 0.1) is 48.8 Å². The minimum Gasteiger partial charge on any atom is -0.390 e. The maximum absolute atomic E-state index is 11.4. The highest BCUT2D eigenvalue weighted by atomic mass is 16.8. The molecule has 0 aromatic heterocycles. The lowest BCUT2D eigenvalue weighted by molar-refractivity contribution is -0.373. The van der Waals surface area contributed by atoms with Crippen LogP contribution in [0, 0.1) is 17.8 Å². The summed E-state index contributed by atoms with van der Waals surface area (Å²) in [7, 11) is 0. The van der Waals surface area contributed by atoms with Gasteiger partial charge < -0.3 is 63.8 Å². The molecule has 13 heteroatoms. The predicted molar refractivity (Wildman–Crippen MR) is 169 cm³/mol. The molecule has 13 nitrogen and oxygen atoms in total. The first-order valence-corrected chi connectivity index (χ1v) is 17.6. The number of aliphatic hydroxyl groups excluding tert-OH is 6. The van der Waals surface area contributed by atoms with Crippen molar-refractivity contribution in [1.82, 2.24) is 0 Å². The summed E-state index contributed by atoms with van der Waals surface area (Å²) in [6.45, 7) is 14.7. The van der Waals surface area contributed by atoms with E-state index in [2.05, 4.69) is 0 Å². The van der Waals surface area contributed by atoms with Gasteiger partial charge in [-0.3, -0.25) is 0 Å². The molecule has 4 aliphatic heterocycles. The molecular weight excluding hydrogens is 616 g/mol. The third-order valence-corrected chi connectivity index (χ3v) is 10.7. The molecule has 0 spiro atoms. The molecule has 0 saturated carbocycles. The summed E-state index contributed by atoms with van der Waals surface area (Å²) in [5.74, 6) is -1.16. The summed E-state index contributed by atoms with van der Waals surface area (Å²) in [6.07, 6.45) is -9.54. The van der Waals surface area contributed by atoms with Crippen molar-refractivity contribution < 1.29 is 63.8 Å². The number of hydrogen-bond donors (Lipinski definition) is 6. The van der Waals surface area contributed by atoms with E-state index < -0.39 is 98.0 Å². The highest BCUT2D eigenvalue weighted by Gasteiger charge is 2.53. The van der Waals surface area contributed by atoms with E-state index in [0.717, 1.165) is 6.42 Å². The summed E-state index contributed by atoms with van der Waals surface area (Å²) in [6, 6.07) is 0. The van der Waals surface area contributed by atoms with Crippen LogP contribution in [0.25, 0.3) is 0 Å². The van der Waals surface area contributed by atoms with E-state index in [1.165, 1.54) is 0 Å². The highest BCUT2D eigenvalue weighted by Crippen LogP contribution is 2.38. The monoisotopic (exact) mass is 676 g/mol. The molecule has 0 amide bonds. The molecule has 0 aromatic rings. The van der Waals surface area contributed by atoms with Crippen LogP contribution < -0.4 is 0 Å². The molecule has 0 bridgehead atoms. The van der Waals surface area contributed by atoms with Gasteiger partial charge in [-0.25, -0.2) is 0 Å². The Kier molecular flexibility index (Phi) is 14.1. The van der Waals surface area contributed by atoms with Gasteiger partial charge in [0, 0.05) is 17.8 Å². The van der Waals surface area contributed by atoms with Gasteiger partial charge >= 0.3 is 0 Å². The van der Waals surface area contributed by atoms with Gasteiger partial charge in [-0.15, -0.1) is 0 Å². The fourth-order valence-corrected chi connectivity index (χ4v) is 7.32. The predicted octanol–water partition coefficient (Wildman–Crippen LogP) is 1.37. The molecule has 274 valence electrons. The first-order valence-electron chi connectivity index (χ1n) is 17.6. The van der Waals surface area contributed by atoms with Crippen molar-refractivity contribution >= 4 is 0 Å². The molecule has 47 heavy (non-hydrogen) atoms. The van der Waals surface area contributed by atoms with Crippen LogP contribution in [-0.4, -0.2) is 135 Å². The lowest BCUT2D eigenvalue weighted by Crippen LogP contribution is -2.64. The van der Waals surface area contributed by atoms with Crippen LogP contribution in [0.1, 0.15) is 81.1 Å². The maximum Gasteiger partial charge on any atom is 0.187 e. The first-order chi connectivity index (χ1) is 22.3. The Labute approximate surface area is 279 Å². The Bertz CT molecular complexity index is 984. The molecule has 0 aliphatic carbocycles. The van der Waals surface area contributed by atoms with Crippen LogP contribution in [0.15, 0.2) is 12.2 Å². The number of aliphatic hydroxyl groups is 6. The van der Waals surface area contributed by atoms with Crippen LogP contribution in [0.3, 0.4) is 0 Å². The second kappa shape index (κ2) is 17.0. The lowest BCUT2D eigenvalue weighted by atomic mass is 9.82. The summed E-state index contributed by atoms with van der Waals surface area (Å²) in [4.78, 5) is 0. The van der Waals surface area contributed by atoms with E-state index in [4.69, 9.17) is 33.2 Å². The quantitative estimate of drug-likeness (QED) is 0.173. The number of ether oxygens (including phenoxy) is 7. The van der Waals surface area contributed by atoms with Crippen LogP contribution in [0.2, 0.25) is 0 Å². The fourth-order valence-electron chi connectivity index (χ4n) is 7.32. The molecular formula is C34H60O13. The topological polar surface area (TPSA) is 186 Å². The Hall–Kier alpha value is -0.780. The average Bonchev–Trinajstić information content (AvgIpc) is 3.06. The zero-order chi connectivity index (χ0) is 34.7. The van der Waals surface area contributed by atoms with Crippen LogP contribution >= 0.6 is 0 Å². The lowest BCUT2D eigenvalue weighted by Gasteiger charge is -2.50. The van der Waals surface area contributed by atoms with E-state index in [0.29, 0.717) is 19.3 Å². The van der Waals surface area contributed by atoms with E-state index in [-0.39, 0.29) is 24.0 Å². The van der Waals surface area contributed by atoms with Crippen LogP contribution in [0.4, 0.5) is 0 Å². The standard InChI is InChI=1S/C34H60O13/c1-9-13-14-19-20(10-2)43-21(11-3)31(25(19)37)47-34-28(40)26(38)29(18(8)42-34)45-32-16(6)24(36)30(22(12-4)44-32)46-33-27(39)23(35)15(5)17(7)41-33/h9,13,15-40H,10-12,14H2,1-8H3. The van der Waals surface area contributed by atoms with Crippen molar-refractivity contribution in [2.45, 2.75) is 185 Å². The highest BCUT2D eigenvalue weighted by molar-refractivity contribution is 4.98.